The molecule has 1 N–H and O–H groups in total. The number of methoxy groups -OCH3 is 2. The van der Waals surface area contributed by atoms with E-state index in [2.05, 4.69) is 5.32 Å². The second-order valence-electron chi connectivity index (χ2n) is 3.52. The standard InChI is InChI=1S/C12H18N2O3/c1-13-8-12(15)14(2)10-7-9(16-3)5-6-11(10)17-4/h5-7,13H,8H2,1-4H3. The molecule has 0 radical (unpaired) electrons. The minimum atomic E-state index is -0.0425. The molecule has 0 spiro atoms. The first kappa shape index (κ1) is 13.3. The molecule has 0 atom stereocenters. The quantitative estimate of drug-likeness (QED) is 0.827. The molecule has 1 amide bonds. The molecule has 1 aromatic rings. The molecule has 17 heavy (non-hydrogen) atoms. The number of rotatable bonds is 5. The Bertz CT molecular complexity index is 393. The minimum Gasteiger partial charge on any atom is -0.497 e. The van der Waals surface area contributed by atoms with Gasteiger partial charge in [0.25, 0.3) is 0 Å². The number of carbonyl (C=O) groups is 1. The molecule has 0 saturated carbocycles. The van der Waals surface area contributed by atoms with Gasteiger partial charge in [0.05, 0.1) is 26.5 Å². The summed E-state index contributed by atoms with van der Waals surface area (Å²) in [5.74, 6) is 1.28. The zero-order chi connectivity index (χ0) is 12.8. The van der Waals surface area contributed by atoms with Crippen LogP contribution >= 0.6 is 0 Å². The normalized spacial score (nSPS) is 9.88. The van der Waals surface area contributed by atoms with Crippen LogP contribution in [0.3, 0.4) is 0 Å². The van der Waals surface area contributed by atoms with Gasteiger partial charge in [-0.15, -0.1) is 0 Å². The van der Waals surface area contributed by atoms with E-state index in [1.165, 1.54) is 4.90 Å². The number of nitrogens with one attached hydrogen (secondary N) is 1. The molecule has 0 bridgehead atoms. The summed E-state index contributed by atoms with van der Waals surface area (Å²) in [6.45, 7) is 0.275. The molecule has 0 unspecified atom stereocenters. The highest BCUT2D eigenvalue weighted by Crippen LogP contribution is 2.31. The highest BCUT2D eigenvalue weighted by Gasteiger charge is 2.15. The number of anilines is 1. The molecule has 0 aliphatic heterocycles. The van der Waals surface area contributed by atoms with Gasteiger partial charge < -0.3 is 19.7 Å². The van der Waals surface area contributed by atoms with Crippen molar-refractivity contribution in [3.8, 4) is 11.5 Å². The number of carbonyl (C=O) groups excluding carboxylic acids is 1. The molecule has 1 aromatic carbocycles. The molecule has 0 aromatic heterocycles. The lowest BCUT2D eigenvalue weighted by Gasteiger charge is -2.20. The van der Waals surface area contributed by atoms with Crippen LogP contribution in [0.2, 0.25) is 0 Å². The minimum absolute atomic E-state index is 0.0425. The molecular weight excluding hydrogens is 220 g/mol. The molecule has 5 nitrogen and oxygen atoms in total. The van der Waals surface area contributed by atoms with Crippen molar-refractivity contribution in [3.63, 3.8) is 0 Å². The van der Waals surface area contributed by atoms with Crippen LogP contribution in [0.15, 0.2) is 18.2 Å². The Labute approximate surface area is 101 Å². The first-order valence-corrected chi connectivity index (χ1v) is 5.27. The van der Waals surface area contributed by atoms with Gasteiger partial charge in [0.1, 0.15) is 11.5 Å². The zero-order valence-corrected chi connectivity index (χ0v) is 10.6. The van der Waals surface area contributed by atoms with Crippen molar-refractivity contribution in [2.45, 2.75) is 0 Å². The second-order valence-corrected chi connectivity index (χ2v) is 3.52. The van der Waals surface area contributed by atoms with Crippen LogP contribution in [0.1, 0.15) is 0 Å². The third-order valence-electron chi connectivity index (χ3n) is 2.45. The Morgan fingerprint density at radius 2 is 2.06 bits per heavy atom. The molecule has 5 heteroatoms. The lowest BCUT2D eigenvalue weighted by molar-refractivity contribution is -0.117. The van der Waals surface area contributed by atoms with Crippen molar-refractivity contribution >= 4 is 11.6 Å². The summed E-state index contributed by atoms with van der Waals surface area (Å²) >= 11 is 0. The maximum absolute atomic E-state index is 11.8. The van der Waals surface area contributed by atoms with E-state index < -0.39 is 0 Å². The zero-order valence-electron chi connectivity index (χ0n) is 10.6. The highest BCUT2D eigenvalue weighted by molar-refractivity contribution is 5.95. The van der Waals surface area contributed by atoms with Crippen LogP contribution in [-0.4, -0.2) is 40.8 Å². The molecular formula is C12H18N2O3. The van der Waals surface area contributed by atoms with Crippen LogP contribution in [0, 0.1) is 0 Å². The van der Waals surface area contributed by atoms with Gasteiger partial charge in [-0.25, -0.2) is 0 Å². The first-order chi connectivity index (χ1) is 8.13. The fourth-order valence-electron chi connectivity index (χ4n) is 1.46. The third-order valence-corrected chi connectivity index (χ3v) is 2.45. The second kappa shape index (κ2) is 6.10. The van der Waals surface area contributed by atoms with Crippen molar-refractivity contribution in [2.24, 2.45) is 0 Å². The summed E-state index contributed by atoms with van der Waals surface area (Å²) in [6, 6.07) is 5.34. The van der Waals surface area contributed by atoms with E-state index in [1.807, 2.05) is 0 Å². The van der Waals surface area contributed by atoms with Gasteiger partial charge in [-0.2, -0.15) is 0 Å². The van der Waals surface area contributed by atoms with E-state index in [1.54, 1.807) is 46.5 Å². The first-order valence-electron chi connectivity index (χ1n) is 5.27. The maximum Gasteiger partial charge on any atom is 0.240 e. The van der Waals surface area contributed by atoms with Crippen molar-refractivity contribution in [1.82, 2.24) is 5.32 Å². The largest absolute Gasteiger partial charge is 0.497 e. The van der Waals surface area contributed by atoms with Crippen molar-refractivity contribution in [1.29, 1.82) is 0 Å². The van der Waals surface area contributed by atoms with Gasteiger partial charge in [0.15, 0.2) is 0 Å². The monoisotopic (exact) mass is 238 g/mol. The van der Waals surface area contributed by atoms with Crippen LogP contribution in [0.4, 0.5) is 5.69 Å². The van der Waals surface area contributed by atoms with Crippen LogP contribution in [0.5, 0.6) is 11.5 Å². The van der Waals surface area contributed by atoms with E-state index in [0.717, 1.165) is 0 Å². The Morgan fingerprint density at radius 1 is 1.35 bits per heavy atom. The number of hydrogen-bond donors (Lipinski definition) is 1. The van der Waals surface area contributed by atoms with Gasteiger partial charge in [0.2, 0.25) is 5.91 Å². The van der Waals surface area contributed by atoms with Gasteiger partial charge in [-0.3, -0.25) is 4.79 Å². The number of nitrogens with zero attached hydrogens (tertiary/aromatic N) is 1. The topological polar surface area (TPSA) is 50.8 Å². The summed E-state index contributed by atoms with van der Waals surface area (Å²) in [6.07, 6.45) is 0. The Hall–Kier alpha value is -1.75. The van der Waals surface area contributed by atoms with Crippen molar-refractivity contribution in [3.05, 3.63) is 18.2 Å². The summed E-state index contributed by atoms with van der Waals surface area (Å²) < 4.78 is 10.4. The summed E-state index contributed by atoms with van der Waals surface area (Å²) in [7, 11) is 6.59. The molecule has 0 saturated heterocycles. The van der Waals surface area contributed by atoms with Gasteiger partial charge in [-0.05, 0) is 19.2 Å². The number of ether oxygens (including phenoxy) is 2. The molecule has 0 heterocycles. The smallest absolute Gasteiger partial charge is 0.240 e. The summed E-state index contributed by atoms with van der Waals surface area (Å²) in [5.41, 5.74) is 0.687. The fraction of sp³-hybridized carbons (Fsp3) is 0.417. The Morgan fingerprint density at radius 3 is 2.59 bits per heavy atom. The molecule has 0 fully saturated rings. The lowest BCUT2D eigenvalue weighted by Crippen LogP contribution is -2.34. The van der Waals surface area contributed by atoms with Crippen molar-refractivity contribution < 1.29 is 14.3 Å². The summed E-state index contributed by atoms with van der Waals surface area (Å²) in [4.78, 5) is 13.3. The average Bonchev–Trinajstić information content (AvgIpc) is 2.37. The lowest BCUT2D eigenvalue weighted by atomic mass is 10.2. The predicted molar refractivity (Wildman–Crippen MR) is 66.9 cm³/mol. The molecule has 94 valence electrons. The SMILES string of the molecule is CNCC(=O)N(C)c1cc(OC)ccc1OC. The average molecular weight is 238 g/mol. The number of benzene rings is 1. The van der Waals surface area contributed by atoms with Gasteiger partial charge in [0, 0.05) is 13.1 Å². The Balaban J connectivity index is 3.04. The van der Waals surface area contributed by atoms with E-state index in [9.17, 15) is 4.79 Å². The molecule has 1 rings (SSSR count). The van der Waals surface area contributed by atoms with Crippen LogP contribution < -0.4 is 19.7 Å². The molecule has 0 aliphatic rings. The molecule has 0 aliphatic carbocycles. The van der Waals surface area contributed by atoms with Crippen molar-refractivity contribution in [2.75, 3.05) is 39.8 Å². The maximum atomic E-state index is 11.8. The third kappa shape index (κ3) is 3.10. The number of likely N-dealkylation sites (N-methyl/N-ethyl adjacent to an activating group) is 2. The fourth-order valence-corrected chi connectivity index (χ4v) is 1.46. The number of amides is 1. The van der Waals surface area contributed by atoms with E-state index in [0.29, 0.717) is 17.2 Å². The summed E-state index contributed by atoms with van der Waals surface area (Å²) in [5, 5.41) is 2.82. The van der Waals surface area contributed by atoms with Crippen LogP contribution in [-0.2, 0) is 4.79 Å². The number of hydrogen-bond acceptors (Lipinski definition) is 4. The Kier molecular flexibility index (Phi) is 4.78. The van der Waals surface area contributed by atoms with E-state index in [4.69, 9.17) is 9.47 Å². The van der Waals surface area contributed by atoms with E-state index in [-0.39, 0.29) is 12.5 Å². The highest BCUT2D eigenvalue weighted by atomic mass is 16.5. The predicted octanol–water partition coefficient (Wildman–Crippen LogP) is 0.886. The van der Waals surface area contributed by atoms with E-state index >= 15 is 0 Å². The van der Waals surface area contributed by atoms with Crippen LogP contribution in [0.25, 0.3) is 0 Å². The van der Waals surface area contributed by atoms with Gasteiger partial charge in [-0.1, -0.05) is 0 Å². The van der Waals surface area contributed by atoms with Gasteiger partial charge >= 0.3 is 0 Å².